The van der Waals surface area contributed by atoms with Crippen LogP contribution in [0.5, 0.6) is 0 Å². The molecule has 8 heavy (non-hydrogen) atoms. The second kappa shape index (κ2) is 4.55. The van der Waals surface area contributed by atoms with E-state index < -0.39 is 12.8 Å². The Morgan fingerprint density at radius 3 is 2.75 bits per heavy atom. The lowest BCUT2D eigenvalue weighted by Crippen LogP contribution is -2.10. The molecule has 0 aliphatic carbocycles. The summed E-state index contributed by atoms with van der Waals surface area (Å²) in [6.45, 7) is -0.637. The molecule has 0 rings (SSSR count). The standard InChI is InChI=1S/C4H8O4/c1-7-4(6)2-8-3-5/h5H,2-3H2,1H3. The van der Waals surface area contributed by atoms with Crippen molar-refractivity contribution in [1.82, 2.24) is 0 Å². The third-order valence-electron chi connectivity index (χ3n) is 0.539. The highest BCUT2D eigenvalue weighted by Gasteiger charge is 1.95. The summed E-state index contributed by atoms with van der Waals surface area (Å²) in [6.07, 6.45) is 0. The van der Waals surface area contributed by atoms with Crippen LogP contribution in [0.3, 0.4) is 0 Å². The van der Waals surface area contributed by atoms with E-state index in [1.165, 1.54) is 7.11 Å². The third-order valence-corrected chi connectivity index (χ3v) is 0.539. The summed E-state index contributed by atoms with van der Waals surface area (Å²) in [4.78, 5) is 10.1. The first kappa shape index (κ1) is 7.39. The zero-order valence-electron chi connectivity index (χ0n) is 4.59. The van der Waals surface area contributed by atoms with Crippen molar-refractivity contribution in [2.24, 2.45) is 0 Å². The van der Waals surface area contributed by atoms with E-state index in [0.717, 1.165) is 0 Å². The van der Waals surface area contributed by atoms with Crippen LogP contribution in [0.15, 0.2) is 0 Å². The van der Waals surface area contributed by atoms with Crippen molar-refractivity contribution in [3.63, 3.8) is 0 Å². The van der Waals surface area contributed by atoms with Crippen LogP contribution < -0.4 is 0 Å². The first-order valence-corrected chi connectivity index (χ1v) is 2.06. The molecule has 0 aliphatic rings. The van der Waals surface area contributed by atoms with E-state index in [0.29, 0.717) is 0 Å². The highest BCUT2D eigenvalue weighted by Crippen LogP contribution is 1.74. The lowest BCUT2D eigenvalue weighted by Gasteiger charge is -1.95. The Balaban J connectivity index is 2.99. The molecule has 0 aromatic heterocycles. The van der Waals surface area contributed by atoms with Gasteiger partial charge in [0.1, 0.15) is 13.4 Å². The molecular weight excluding hydrogens is 112 g/mol. The molecule has 0 heterocycles. The maximum atomic E-state index is 10.1. The number of hydrogen-bond acceptors (Lipinski definition) is 4. The van der Waals surface area contributed by atoms with Crippen molar-refractivity contribution in [2.75, 3.05) is 20.5 Å². The SMILES string of the molecule is COC(=O)COCO. The molecule has 0 aromatic rings. The van der Waals surface area contributed by atoms with Crippen LogP contribution in [0.1, 0.15) is 0 Å². The number of carbonyl (C=O) groups excluding carboxylic acids is 1. The summed E-state index contributed by atoms with van der Waals surface area (Å²) >= 11 is 0. The molecule has 0 unspecified atom stereocenters. The monoisotopic (exact) mass is 120 g/mol. The number of rotatable bonds is 3. The maximum Gasteiger partial charge on any atom is 0.331 e. The molecule has 0 saturated carbocycles. The number of hydrogen-bond donors (Lipinski definition) is 1. The minimum atomic E-state index is -0.487. The molecule has 48 valence electrons. The number of aliphatic hydroxyl groups excluding tert-OH is 1. The number of aliphatic hydroxyl groups is 1. The number of methoxy groups -OCH3 is 1. The van der Waals surface area contributed by atoms with Gasteiger partial charge >= 0.3 is 5.97 Å². The van der Waals surface area contributed by atoms with E-state index in [1.54, 1.807) is 0 Å². The van der Waals surface area contributed by atoms with Gasteiger partial charge in [-0.3, -0.25) is 0 Å². The van der Waals surface area contributed by atoms with Gasteiger partial charge in [-0.2, -0.15) is 0 Å². The largest absolute Gasteiger partial charge is 0.467 e. The Morgan fingerprint density at radius 1 is 1.75 bits per heavy atom. The zero-order valence-corrected chi connectivity index (χ0v) is 4.59. The summed E-state index contributed by atoms with van der Waals surface area (Å²) in [5.41, 5.74) is 0. The quantitative estimate of drug-likeness (QED) is 0.388. The van der Waals surface area contributed by atoms with Crippen molar-refractivity contribution in [3.8, 4) is 0 Å². The van der Waals surface area contributed by atoms with E-state index in [4.69, 9.17) is 5.11 Å². The second-order valence-corrected chi connectivity index (χ2v) is 1.05. The maximum absolute atomic E-state index is 10.1. The fourth-order valence-corrected chi connectivity index (χ4v) is 0.188. The lowest BCUT2D eigenvalue weighted by atomic mass is 10.7. The van der Waals surface area contributed by atoms with Crippen LogP contribution in [-0.4, -0.2) is 31.6 Å². The van der Waals surface area contributed by atoms with Crippen LogP contribution in [0, 0.1) is 0 Å². The molecule has 0 spiro atoms. The lowest BCUT2D eigenvalue weighted by molar-refractivity contribution is -0.149. The summed E-state index contributed by atoms with van der Waals surface area (Å²) in [5.74, 6) is -0.487. The molecule has 0 aliphatic heterocycles. The van der Waals surface area contributed by atoms with Crippen LogP contribution in [0.2, 0.25) is 0 Å². The van der Waals surface area contributed by atoms with Crippen LogP contribution in [0.4, 0.5) is 0 Å². The molecule has 4 heteroatoms. The number of carbonyl (C=O) groups is 1. The average Bonchev–Trinajstić information content (AvgIpc) is 1.83. The van der Waals surface area contributed by atoms with Crippen molar-refractivity contribution < 1.29 is 19.4 Å². The summed E-state index contributed by atoms with van der Waals surface area (Å²) in [5, 5.41) is 7.98. The van der Waals surface area contributed by atoms with Gasteiger partial charge in [0.05, 0.1) is 7.11 Å². The third kappa shape index (κ3) is 3.58. The highest BCUT2D eigenvalue weighted by atomic mass is 16.6. The summed E-state index contributed by atoms with van der Waals surface area (Å²) < 4.78 is 8.44. The highest BCUT2D eigenvalue weighted by molar-refractivity contribution is 5.70. The topological polar surface area (TPSA) is 55.8 Å². The first-order valence-electron chi connectivity index (χ1n) is 2.06. The number of esters is 1. The molecule has 0 aromatic carbocycles. The van der Waals surface area contributed by atoms with Gasteiger partial charge in [-0.05, 0) is 0 Å². The summed E-state index contributed by atoms with van der Waals surface area (Å²) in [6, 6.07) is 0. The van der Waals surface area contributed by atoms with Gasteiger partial charge in [-0.15, -0.1) is 0 Å². The van der Waals surface area contributed by atoms with Gasteiger partial charge in [0, 0.05) is 0 Å². The van der Waals surface area contributed by atoms with Crippen LogP contribution in [-0.2, 0) is 14.3 Å². The van der Waals surface area contributed by atoms with Crippen LogP contribution in [0.25, 0.3) is 0 Å². The van der Waals surface area contributed by atoms with Gasteiger partial charge in [0.2, 0.25) is 0 Å². The molecule has 4 nitrogen and oxygen atoms in total. The van der Waals surface area contributed by atoms with Gasteiger partial charge in [-0.1, -0.05) is 0 Å². The molecule has 1 N–H and O–H groups in total. The molecule has 0 bridgehead atoms. The van der Waals surface area contributed by atoms with Gasteiger partial charge in [-0.25, -0.2) is 4.79 Å². The predicted molar refractivity (Wildman–Crippen MR) is 25.1 cm³/mol. The molecule has 0 atom stereocenters. The average molecular weight is 120 g/mol. The van der Waals surface area contributed by atoms with Crippen molar-refractivity contribution in [1.29, 1.82) is 0 Å². The van der Waals surface area contributed by atoms with E-state index >= 15 is 0 Å². The minimum Gasteiger partial charge on any atom is -0.467 e. The van der Waals surface area contributed by atoms with Crippen molar-refractivity contribution in [3.05, 3.63) is 0 Å². The minimum absolute atomic E-state index is 0.188. The predicted octanol–water partition coefficient (Wildman–Crippen LogP) is -0.874. The fourth-order valence-electron chi connectivity index (χ4n) is 0.188. The van der Waals surface area contributed by atoms with E-state index in [9.17, 15) is 4.79 Å². The van der Waals surface area contributed by atoms with Gasteiger partial charge < -0.3 is 14.6 Å². The van der Waals surface area contributed by atoms with E-state index in [2.05, 4.69) is 9.47 Å². The van der Waals surface area contributed by atoms with E-state index in [1.807, 2.05) is 0 Å². The Morgan fingerprint density at radius 2 is 2.38 bits per heavy atom. The molecular formula is C4H8O4. The molecule has 0 amide bonds. The Labute approximate surface area is 47.0 Å². The Hall–Kier alpha value is -0.610. The first-order chi connectivity index (χ1) is 3.81. The van der Waals surface area contributed by atoms with Gasteiger partial charge in [0.25, 0.3) is 0 Å². The fraction of sp³-hybridized carbons (Fsp3) is 0.750. The van der Waals surface area contributed by atoms with Crippen molar-refractivity contribution in [2.45, 2.75) is 0 Å². The number of ether oxygens (including phenoxy) is 2. The summed E-state index contributed by atoms with van der Waals surface area (Å²) in [7, 11) is 1.25. The van der Waals surface area contributed by atoms with Crippen molar-refractivity contribution >= 4 is 5.97 Å². The molecule has 0 radical (unpaired) electrons. The molecule has 0 fully saturated rings. The Kier molecular flexibility index (Phi) is 4.20. The van der Waals surface area contributed by atoms with Gasteiger partial charge in [0.15, 0.2) is 0 Å². The van der Waals surface area contributed by atoms with Crippen LogP contribution >= 0.6 is 0 Å². The molecule has 0 saturated heterocycles. The smallest absolute Gasteiger partial charge is 0.331 e. The van der Waals surface area contributed by atoms with E-state index in [-0.39, 0.29) is 6.61 Å². The normalized spacial score (nSPS) is 8.75. The second-order valence-electron chi connectivity index (χ2n) is 1.05. The Bertz CT molecular complexity index is 70.4. The zero-order chi connectivity index (χ0) is 6.41.